The van der Waals surface area contributed by atoms with Crippen molar-refractivity contribution in [1.29, 1.82) is 0 Å². The van der Waals surface area contributed by atoms with Crippen molar-refractivity contribution in [2.45, 2.75) is 20.8 Å². The number of carbonyl (C=O) groups excluding carboxylic acids is 2. The van der Waals surface area contributed by atoms with Crippen molar-refractivity contribution in [1.82, 2.24) is 0 Å². The van der Waals surface area contributed by atoms with E-state index in [9.17, 15) is 9.59 Å². The highest BCUT2D eigenvalue weighted by atomic mass is 16.6. The van der Waals surface area contributed by atoms with E-state index in [1.54, 1.807) is 6.07 Å². The summed E-state index contributed by atoms with van der Waals surface area (Å²) in [5, 5.41) is 2.70. The molecule has 0 aromatic heterocycles. The lowest BCUT2D eigenvalue weighted by Crippen LogP contribution is -2.23. The number of hydrogen-bond acceptors (Lipinski definition) is 4. The second kappa shape index (κ2) is 8.15. The third-order valence-electron chi connectivity index (χ3n) is 3.31. The Labute approximate surface area is 141 Å². The van der Waals surface area contributed by atoms with Gasteiger partial charge in [0.25, 0.3) is 5.91 Å². The molecule has 1 N–H and O–H groups in total. The molecule has 0 heterocycles. The van der Waals surface area contributed by atoms with E-state index in [-0.39, 0.29) is 19.1 Å². The molecule has 0 aliphatic heterocycles. The highest BCUT2D eigenvalue weighted by Gasteiger charge is 2.10. The van der Waals surface area contributed by atoms with Crippen molar-refractivity contribution < 1.29 is 19.1 Å². The summed E-state index contributed by atoms with van der Waals surface area (Å²) in [5.74, 6) is -0.354. The first-order valence-corrected chi connectivity index (χ1v) is 7.66. The number of para-hydroxylation sites is 1. The van der Waals surface area contributed by atoms with E-state index < -0.39 is 5.97 Å². The van der Waals surface area contributed by atoms with Crippen LogP contribution in [0.3, 0.4) is 0 Å². The van der Waals surface area contributed by atoms with Crippen LogP contribution in [0.25, 0.3) is 0 Å². The Bertz CT molecular complexity index is 720. The molecule has 0 saturated heterocycles. The minimum Gasteiger partial charge on any atom is -0.482 e. The molecule has 0 atom stereocenters. The van der Waals surface area contributed by atoms with Crippen LogP contribution in [0, 0.1) is 20.8 Å². The van der Waals surface area contributed by atoms with Gasteiger partial charge in [0.1, 0.15) is 5.75 Å². The number of carbonyl (C=O) groups is 2. The number of anilines is 1. The Hall–Kier alpha value is -2.82. The molecule has 2 aromatic carbocycles. The van der Waals surface area contributed by atoms with E-state index >= 15 is 0 Å². The first kappa shape index (κ1) is 17.5. The van der Waals surface area contributed by atoms with Gasteiger partial charge < -0.3 is 14.8 Å². The van der Waals surface area contributed by atoms with E-state index in [1.165, 1.54) is 0 Å². The predicted molar refractivity (Wildman–Crippen MR) is 92.2 cm³/mol. The minimum atomic E-state index is -0.589. The van der Waals surface area contributed by atoms with Crippen molar-refractivity contribution in [3.05, 3.63) is 59.2 Å². The van der Waals surface area contributed by atoms with Crippen LogP contribution in [0.15, 0.2) is 42.5 Å². The van der Waals surface area contributed by atoms with Gasteiger partial charge in [-0.15, -0.1) is 0 Å². The molecule has 1 amide bonds. The average molecular weight is 327 g/mol. The molecule has 0 fully saturated rings. The molecule has 0 radical (unpaired) electrons. The van der Waals surface area contributed by atoms with Gasteiger partial charge in [-0.2, -0.15) is 0 Å². The first-order valence-electron chi connectivity index (χ1n) is 7.66. The van der Waals surface area contributed by atoms with Gasteiger partial charge in [0.15, 0.2) is 13.2 Å². The van der Waals surface area contributed by atoms with Gasteiger partial charge in [-0.05, 0) is 55.7 Å². The number of aryl methyl sites for hydroxylation is 3. The molecule has 0 aliphatic carbocycles. The molecular formula is C19H21NO4. The lowest BCUT2D eigenvalue weighted by atomic mass is 10.1. The van der Waals surface area contributed by atoms with Crippen LogP contribution in [-0.4, -0.2) is 25.1 Å². The van der Waals surface area contributed by atoms with Crippen LogP contribution in [-0.2, 0) is 14.3 Å². The molecule has 5 nitrogen and oxygen atoms in total. The maximum Gasteiger partial charge on any atom is 0.344 e. The SMILES string of the molecule is Cc1cc(C)cc(NC(=O)COC(=O)COc2ccccc2C)c1. The molecule has 2 aromatic rings. The highest BCUT2D eigenvalue weighted by molar-refractivity contribution is 5.93. The van der Waals surface area contributed by atoms with Gasteiger partial charge in [0.05, 0.1) is 0 Å². The van der Waals surface area contributed by atoms with Crippen LogP contribution in [0.5, 0.6) is 5.75 Å². The number of hydrogen-bond donors (Lipinski definition) is 1. The van der Waals surface area contributed by atoms with E-state index in [0.717, 1.165) is 16.7 Å². The monoisotopic (exact) mass is 327 g/mol. The molecule has 0 saturated carbocycles. The van der Waals surface area contributed by atoms with Crippen LogP contribution in [0.1, 0.15) is 16.7 Å². The second-order valence-corrected chi connectivity index (χ2v) is 5.64. The molecule has 0 aliphatic rings. The third kappa shape index (κ3) is 5.43. The summed E-state index contributed by atoms with van der Waals surface area (Å²) in [6.45, 7) is 5.21. The smallest absolute Gasteiger partial charge is 0.344 e. The van der Waals surface area contributed by atoms with Gasteiger partial charge in [-0.25, -0.2) is 4.79 Å². The van der Waals surface area contributed by atoms with Crippen LogP contribution < -0.4 is 10.1 Å². The predicted octanol–water partition coefficient (Wildman–Crippen LogP) is 3.17. The fourth-order valence-corrected chi connectivity index (χ4v) is 2.29. The molecule has 0 bridgehead atoms. The van der Waals surface area contributed by atoms with Crippen LogP contribution >= 0.6 is 0 Å². The van der Waals surface area contributed by atoms with Crippen molar-refractivity contribution in [3.8, 4) is 5.75 Å². The maximum absolute atomic E-state index is 11.8. The largest absolute Gasteiger partial charge is 0.482 e. The number of nitrogens with one attached hydrogen (secondary N) is 1. The standard InChI is InChI=1S/C19H21NO4/c1-13-8-14(2)10-16(9-13)20-18(21)11-24-19(22)12-23-17-7-5-4-6-15(17)3/h4-10H,11-12H2,1-3H3,(H,20,21). The Morgan fingerprint density at radius 3 is 2.29 bits per heavy atom. The molecule has 126 valence electrons. The van der Waals surface area contributed by atoms with E-state index in [4.69, 9.17) is 9.47 Å². The maximum atomic E-state index is 11.8. The summed E-state index contributed by atoms with van der Waals surface area (Å²) >= 11 is 0. The third-order valence-corrected chi connectivity index (χ3v) is 3.31. The molecule has 0 unspecified atom stereocenters. The van der Waals surface area contributed by atoms with Crippen LogP contribution in [0.4, 0.5) is 5.69 Å². The number of rotatable bonds is 6. The Kier molecular flexibility index (Phi) is 5.95. The van der Waals surface area contributed by atoms with Crippen molar-refractivity contribution in [2.24, 2.45) is 0 Å². The summed E-state index contributed by atoms with van der Waals surface area (Å²) in [5.41, 5.74) is 3.71. The fourth-order valence-electron chi connectivity index (χ4n) is 2.29. The normalized spacial score (nSPS) is 10.1. The van der Waals surface area contributed by atoms with Crippen LogP contribution in [0.2, 0.25) is 0 Å². The van der Waals surface area contributed by atoms with E-state index in [1.807, 2.05) is 57.2 Å². The van der Waals surface area contributed by atoms with Gasteiger partial charge in [0.2, 0.25) is 0 Å². The lowest BCUT2D eigenvalue weighted by molar-refractivity contribution is -0.149. The molecule has 5 heteroatoms. The summed E-state index contributed by atoms with van der Waals surface area (Å²) in [6.07, 6.45) is 0. The number of amides is 1. The zero-order valence-electron chi connectivity index (χ0n) is 14.1. The molecule has 2 rings (SSSR count). The summed E-state index contributed by atoms with van der Waals surface area (Å²) in [4.78, 5) is 23.5. The van der Waals surface area contributed by atoms with E-state index in [2.05, 4.69) is 5.32 Å². The number of ether oxygens (including phenoxy) is 2. The van der Waals surface area contributed by atoms with E-state index in [0.29, 0.717) is 11.4 Å². The number of esters is 1. The second-order valence-electron chi connectivity index (χ2n) is 5.64. The zero-order chi connectivity index (χ0) is 17.5. The zero-order valence-corrected chi connectivity index (χ0v) is 14.1. The lowest BCUT2D eigenvalue weighted by Gasteiger charge is -2.10. The summed E-state index contributed by atoms with van der Waals surface area (Å²) in [7, 11) is 0. The average Bonchev–Trinajstić information content (AvgIpc) is 2.51. The van der Waals surface area contributed by atoms with Crippen molar-refractivity contribution >= 4 is 17.6 Å². The van der Waals surface area contributed by atoms with Gasteiger partial charge in [0, 0.05) is 5.69 Å². The summed E-state index contributed by atoms with van der Waals surface area (Å²) < 4.78 is 10.3. The molecule has 24 heavy (non-hydrogen) atoms. The Morgan fingerprint density at radius 2 is 1.62 bits per heavy atom. The fraction of sp³-hybridized carbons (Fsp3) is 0.263. The Balaban J connectivity index is 1.77. The topological polar surface area (TPSA) is 64.6 Å². The Morgan fingerprint density at radius 1 is 0.958 bits per heavy atom. The van der Waals surface area contributed by atoms with Gasteiger partial charge in [-0.1, -0.05) is 24.3 Å². The highest BCUT2D eigenvalue weighted by Crippen LogP contribution is 2.16. The van der Waals surface area contributed by atoms with Gasteiger partial charge >= 0.3 is 5.97 Å². The van der Waals surface area contributed by atoms with Gasteiger partial charge in [-0.3, -0.25) is 4.79 Å². The molecular weight excluding hydrogens is 306 g/mol. The summed E-state index contributed by atoms with van der Waals surface area (Å²) in [6, 6.07) is 13.1. The van der Waals surface area contributed by atoms with Crippen molar-refractivity contribution in [3.63, 3.8) is 0 Å². The number of benzene rings is 2. The van der Waals surface area contributed by atoms with Crippen molar-refractivity contribution in [2.75, 3.05) is 18.5 Å². The first-order chi connectivity index (χ1) is 11.4. The quantitative estimate of drug-likeness (QED) is 0.828. The minimum absolute atomic E-state index is 0.234. The molecule has 0 spiro atoms.